The second kappa shape index (κ2) is 5.99. The van der Waals surface area contributed by atoms with Crippen LogP contribution in [0.3, 0.4) is 0 Å². The summed E-state index contributed by atoms with van der Waals surface area (Å²) in [7, 11) is 3.48. The smallest absolute Gasteiger partial charge is 0.410 e. The Morgan fingerprint density at radius 3 is 2.45 bits per heavy atom. The van der Waals surface area contributed by atoms with Crippen molar-refractivity contribution in [3.63, 3.8) is 0 Å². The number of benzene rings is 1. The first kappa shape index (κ1) is 16.3. The average Bonchev–Trinajstić information content (AvgIpc) is 2.43. The third-order valence-electron chi connectivity index (χ3n) is 3.52. The number of ether oxygens (including phenoxy) is 1. The predicted octanol–water partition coefficient (Wildman–Crippen LogP) is 2.68. The fourth-order valence-corrected chi connectivity index (χ4v) is 2.43. The lowest BCUT2D eigenvalue weighted by atomic mass is 9.97. The molecular formula is C17H24N2O3. The molecule has 0 radical (unpaired) electrons. The van der Waals surface area contributed by atoms with Gasteiger partial charge in [-0.25, -0.2) is 4.79 Å². The maximum atomic E-state index is 12.1. The molecule has 1 aliphatic heterocycles. The summed E-state index contributed by atoms with van der Waals surface area (Å²) in [6, 6.07) is 5.69. The normalized spacial score (nSPS) is 14.3. The van der Waals surface area contributed by atoms with Crippen LogP contribution in [0.25, 0.3) is 0 Å². The fourth-order valence-electron chi connectivity index (χ4n) is 2.43. The lowest BCUT2D eigenvalue weighted by molar-refractivity contribution is 0.0223. The highest BCUT2D eigenvalue weighted by Gasteiger charge is 2.26. The molecule has 2 rings (SSSR count). The van der Waals surface area contributed by atoms with E-state index in [0.717, 1.165) is 17.5 Å². The van der Waals surface area contributed by atoms with Gasteiger partial charge in [0, 0.05) is 32.7 Å². The maximum Gasteiger partial charge on any atom is 0.410 e. The van der Waals surface area contributed by atoms with E-state index in [4.69, 9.17) is 4.74 Å². The van der Waals surface area contributed by atoms with E-state index in [0.29, 0.717) is 18.7 Å². The maximum absolute atomic E-state index is 12.1. The summed E-state index contributed by atoms with van der Waals surface area (Å²) < 4.78 is 5.41. The Kier molecular flexibility index (Phi) is 4.44. The van der Waals surface area contributed by atoms with E-state index >= 15 is 0 Å². The van der Waals surface area contributed by atoms with Gasteiger partial charge in [0.25, 0.3) is 5.91 Å². The molecule has 120 valence electrons. The highest BCUT2D eigenvalue weighted by Crippen LogP contribution is 2.22. The van der Waals surface area contributed by atoms with Crippen molar-refractivity contribution in [1.29, 1.82) is 0 Å². The Bertz CT molecular complexity index is 588. The number of hydrogen-bond donors (Lipinski definition) is 0. The Morgan fingerprint density at radius 1 is 1.18 bits per heavy atom. The van der Waals surface area contributed by atoms with E-state index < -0.39 is 5.60 Å². The van der Waals surface area contributed by atoms with Gasteiger partial charge in [0.05, 0.1) is 0 Å². The van der Waals surface area contributed by atoms with Crippen LogP contribution in [0, 0.1) is 0 Å². The quantitative estimate of drug-likeness (QED) is 0.801. The van der Waals surface area contributed by atoms with Crippen molar-refractivity contribution in [2.24, 2.45) is 0 Å². The summed E-state index contributed by atoms with van der Waals surface area (Å²) in [6.07, 6.45) is 0.454. The highest BCUT2D eigenvalue weighted by atomic mass is 16.6. The second-order valence-electron chi connectivity index (χ2n) is 6.83. The SMILES string of the molecule is CN(C)C(=O)c1ccc2c(c1)CCN(C(=O)OC(C)(C)C)C2. The van der Waals surface area contributed by atoms with Gasteiger partial charge in [-0.1, -0.05) is 6.07 Å². The Labute approximate surface area is 131 Å². The lowest BCUT2D eigenvalue weighted by Crippen LogP contribution is -2.40. The summed E-state index contributed by atoms with van der Waals surface area (Å²) in [5.74, 6) is -0.00243. The molecule has 0 saturated heterocycles. The van der Waals surface area contributed by atoms with E-state index in [-0.39, 0.29) is 12.0 Å². The molecule has 2 amide bonds. The van der Waals surface area contributed by atoms with Crippen molar-refractivity contribution < 1.29 is 14.3 Å². The Balaban J connectivity index is 2.12. The van der Waals surface area contributed by atoms with E-state index in [1.807, 2.05) is 39.0 Å². The van der Waals surface area contributed by atoms with Crippen LogP contribution in [0.1, 0.15) is 42.3 Å². The number of carbonyl (C=O) groups excluding carboxylic acids is 2. The lowest BCUT2D eigenvalue weighted by Gasteiger charge is -2.31. The van der Waals surface area contributed by atoms with Crippen molar-refractivity contribution in [1.82, 2.24) is 9.80 Å². The number of nitrogens with zero attached hydrogens (tertiary/aromatic N) is 2. The Morgan fingerprint density at radius 2 is 1.86 bits per heavy atom. The molecule has 5 heteroatoms. The third-order valence-corrected chi connectivity index (χ3v) is 3.52. The minimum Gasteiger partial charge on any atom is -0.444 e. The van der Waals surface area contributed by atoms with Gasteiger partial charge in [0.2, 0.25) is 0 Å². The molecule has 22 heavy (non-hydrogen) atoms. The van der Waals surface area contributed by atoms with Gasteiger partial charge in [-0.2, -0.15) is 0 Å². The molecule has 0 saturated carbocycles. The molecule has 0 aliphatic carbocycles. The van der Waals surface area contributed by atoms with Gasteiger partial charge in [-0.3, -0.25) is 4.79 Å². The monoisotopic (exact) mass is 304 g/mol. The van der Waals surface area contributed by atoms with E-state index in [1.165, 1.54) is 0 Å². The largest absolute Gasteiger partial charge is 0.444 e. The zero-order valence-electron chi connectivity index (χ0n) is 14.0. The predicted molar refractivity (Wildman–Crippen MR) is 84.8 cm³/mol. The first-order chi connectivity index (χ1) is 10.2. The van der Waals surface area contributed by atoms with Crippen LogP contribution in [0.5, 0.6) is 0 Å². The molecule has 0 atom stereocenters. The van der Waals surface area contributed by atoms with Gasteiger partial charge >= 0.3 is 6.09 Å². The summed E-state index contributed by atoms with van der Waals surface area (Å²) in [5.41, 5.74) is 2.41. The highest BCUT2D eigenvalue weighted by molar-refractivity contribution is 5.94. The number of hydrogen-bond acceptors (Lipinski definition) is 3. The topological polar surface area (TPSA) is 49.9 Å². The molecule has 1 aliphatic rings. The molecule has 1 aromatic rings. The fraction of sp³-hybridized carbons (Fsp3) is 0.529. The van der Waals surface area contributed by atoms with Crippen LogP contribution in [0.2, 0.25) is 0 Å². The minimum atomic E-state index is -0.487. The molecule has 1 aromatic carbocycles. The molecule has 5 nitrogen and oxygen atoms in total. The standard InChI is InChI=1S/C17H24N2O3/c1-17(2,3)22-16(21)19-9-8-12-10-13(15(20)18(4)5)6-7-14(12)11-19/h6-7,10H,8-9,11H2,1-5H3. The number of carbonyl (C=O) groups is 2. The van der Waals surface area contributed by atoms with Gasteiger partial charge in [-0.15, -0.1) is 0 Å². The number of amides is 2. The molecule has 0 N–H and O–H groups in total. The van der Waals surface area contributed by atoms with Crippen LogP contribution in [0.4, 0.5) is 4.79 Å². The van der Waals surface area contributed by atoms with Crippen LogP contribution in [0.15, 0.2) is 18.2 Å². The first-order valence-electron chi connectivity index (χ1n) is 7.49. The molecule has 0 bridgehead atoms. The molecule has 0 spiro atoms. The van der Waals surface area contributed by atoms with Crippen molar-refractivity contribution in [3.05, 3.63) is 34.9 Å². The van der Waals surface area contributed by atoms with E-state index in [9.17, 15) is 9.59 Å². The third kappa shape index (κ3) is 3.78. The molecule has 0 unspecified atom stereocenters. The van der Waals surface area contributed by atoms with Crippen molar-refractivity contribution in [2.45, 2.75) is 39.3 Å². The Hall–Kier alpha value is -2.04. The van der Waals surface area contributed by atoms with Crippen LogP contribution in [-0.2, 0) is 17.7 Å². The van der Waals surface area contributed by atoms with Crippen LogP contribution < -0.4 is 0 Å². The van der Waals surface area contributed by atoms with E-state index in [1.54, 1.807) is 23.9 Å². The molecular weight excluding hydrogens is 280 g/mol. The summed E-state index contributed by atoms with van der Waals surface area (Å²) in [6.45, 7) is 6.73. The average molecular weight is 304 g/mol. The van der Waals surface area contributed by atoms with Gasteiger partial charge in [-0.05, 0) is 50.5 Å². The van der Waals surface area contributed by atoms with Crippen molar-refractivity contribution in [2.75, 3.05) is 20.6 Å². The zero-order chi connectivity index (χ0) is 16.5. The summed E-state index contributed by atoms with van der Waals surface area (Å²) in [5, 5.41) is 0. The summed E-state index contributed by atoms with van der Waals surface area (Å²) in [4.78, 5) is 27.4. The van der Waals surface area contributed by atoms with Crippen LogP contribution in [-0.4, -0.2) is 48.0 Å². The number of fused-ring (bicyclic) bond motifs is 1. The van der Waals surface area contributed by atoms with Gasteiger partial charge in [0.15, 0.2) is 0 Å². The van der Waals surface area contributed by atoms with Gasteiger partial charge in [0.1, 0.15) is 5.60 Å². The van der Waals surface area contributed by atoms with Gasteiger partial charge < -0.3 is 14.5 Å². The first-order valence-corrected chi connectivity index (χ1v) is 7.49. The van der Waals surface area contributed by atoms with Crippen LogP contribution >= 0.6 is 0 Å². The molecule has 1 heterocycles. The van der Waals surface area contributed by atoms with Crippen molar-refractivity contribution in [3.8, 4) is 0 Å². The zero-order valence-corrected chi connectivity index (χ0v) is 14.0. The minimum absolute atomic E-state index is 0.00243. The summed E-state index contributed by atoms with van der Waals surface area (Å²) >= 11 is 0. The van der Waals surface area contributed by atoms with Crippen molar-refractivity contribution >= 4 is 12.0 Å². The molecule has 0 fully saturated rings. The molecule has 0 aromatic heterocycles. The van der Waals surface area contributed by atoms with E-state index in [2.05, 4.69) is 0 Å². The number of rotatable bonds is 1. The second-order valence-corrected chi connectivity index (χ2v) is 6.83.